The first-order valence-corrected chi connectivity index (χ1v) is 18.3. The summed E-state index contributed by atoms with van der Waals surface area (Å²) in [6.07, 6.45) is 16.1. The zero-order valence-electron chi connectivity index (χ0n) is 29.0. The lowest BCUT2D eigenvalue weighted by molar-refractivity contribution is -0.126. The number of hydrogen-bond acceptors (Lipinski definition) is 8. The number of Topliss-reactive ketones (excluding diaryl/α,β-unsaturated/α-hetero) is 1. The molecule has 2 aromatic rings. The van der Waals surface area contributed by atoms with Gasteiger partial charge in [0.15, 0.2) is 18.2 Å². The van der Waals surface area contributed by atoms with Crippen LogP contribution in [0.1, 0.15) is 120 Å². The van der Waals surface area contributed by atoms with Crippen LogP contribution in [0.2, 0.25) is 0 Å². The number of rotatable bonds is 19. The number of nitrogens with zero attached hydrogens (tertiary/aromatic N) is 2. The van der Waals surface area contributed by atoms with E-state index in [1.54, 1.807) is 6.07 Å². The van der Waals surface area contributed by atoms with E-state index < -0.39 is 12.3 Å². The zero-order valence-corrected chi connectivity index (χ0v) is 29.0. The van der Waals surface area contributed by atoms with E-state index >= 15 is 0 Å². The Morgan fingerprint density at radius 1 is 1.02 bits per heavy atom. The third-order valence-corrected chi connectivity index (χ3v) is 10.6. The molecule has 0 radical (unpaired) electrons. The summed E-state index contributed by atoms with van der Waals surface area (Å²) in [6.45, 7) is 5.20. The van der Waals surface area contributed by atoms with Crippen molar-refractivity contribution in [2.45, 2.75) is 121 Å². The molecule has 0 unspecified atom stereocenters. The molecule has 2 atom stereocenters. The number of phenols is 1. The largest absolute Gasteiger partial charge is 0.504 e. The van der Waals surface area contributed by atoms with Gasteiger partial charge < -0.3 is 31.3 Å². The van der Waals surface area contributed by atoms with Crippen LogP contribution in [0.3, 0.4) is 0 Å². The molecule has 48 heavy (non-hydrogen) atoms. The van der Waals surface area contributed by atoms with Gasteiger partial charge in [0, 0.05) is 35.7 Å². The first kappa shape index (κ1) is 35.8. The van der Waals surface area contributed by atoms with Gasteiger partial charge >= 0.3 is 0 Å². The Bertz CT molecular complexity index is 1490. The molecule has 8 nitrogen and oxygen atoms in total. The lowest BCUT2D eigenvalue weighted by Crippen LogP contribution is -2.28. The highest BCUT2D eigenvalue weighted by atomic mass is 16.5. The monoisotopic (exact) mass is 656 g/mol. The number of nitrogens with two attached hydrogens (primary N) is 2. The number of phenolic OH excluding ortho intramolecular Hbond substituents is 1. The molecule has 0 bridgehead atoms. The van der Waals surface area contributed by atoms with Crippen LogP contribution in [-0.4, -0.2) is 46.0 Å². The second kappa shape index (κ2) is 16.8. The van der Waals surface area contributed by atoms with Crippen molar-refractivity contribution in [3.05, 3.63) is 82.7 Å². The molecular formula is C40H56N4O4. The van der Waals surface area contributed by atoms with Crippen LogP contribution in [0, 0.1) is 5.92 Å². The molecule has 260 valence electrons. The minimum absolute atomic E-state index is 0.0711. The van der Waals surface area contributed by atoms with E-state index in [1.165, 1.54) is 11.1 Å². The van der Waals surface area contributed by atoms with Crippen molar-refractivity contribution in [1.29, 1.82) is 0 Å². The number of aliphatic hydroxyl groups is 1. The molecule has 1 fully saturated rings. The van der Waals surface area contributed by atoms with Gasteiger partial charge in [-0.15, -0.1) is 0 Å². The van der Waals surface area contributed by atoms with Gasteiger partial charge in [-0.3, -0.25) is 9.79 Å². The van der Waals surface area contributed by atoms with E-state index in [1.807, 2.05) is 18.2 Å². The number of carbonyl (C=O) groups excluding carboxylic acids is 1. The molecule has 5 rings (SSSR count). The van der Waals surface area contributed by atoms with Crippen LogP contribution in [-0.2, 0) is 16.6 Å². The molecule has 1 saturated carbocycles. The summed E-state index contributed by atoms with van der Waals surface area (Å²) in [4.78, 5) is 20.3. The topological polar surface area (TPSA) is 134 Å². The standard InChI is InChI=1S/C40H56N4O4/c1-3-5-7-14-31(35(45)15-8-6-4-2)36(46)18-16-28-17-19-37(47)38(22-28)48-27-44-25-32-33(24-43-34(32)26-44)40(20-9-10-21-40)30-13-11-12-29(23-30)39(41)42/h11-13,17,19,22-25,31,35,39,45,47H,3-10,14-16,18,20-21,26-27,41-42H2,1-2H3/t31-,35-/m1/s1. The molecular weight excluding hydrogens is 600 g/mol. The van der Waals surface area contributed by atoms with Crippen LogP contribution in [0.4, 0.5) is 0 Å². The molecule has 3 aliphatic rings. The number of aromatic hydroxyl groups is 1. The predicted molar refractivity (Wildman–Crippen MR) is 193 cm³/mol. The van der Waals surface area contributed by atoms with Crippen LogP contribution < -0.4 is 16.2 Å². The van der Waals surface area contributed by atoms with Crippen LogP contribution in [0.5, 0.6) is 11.5 Å². The van der Waals surface area contributed by atoms with E-state index in [0.717, 1.165) is 93.0 Å². The van der Waals surface area contributed by atoms with Crippen molar-refractivity contribution in [2.24, 2.45) is 22.4 Å². The lowest BCUT2D eigenvalue weighted by Gasteiger charge is -2.32. The third kappa shape index (κ3) is 8.39. The first-order chi connectivity index (χ1) is 23.3. The van der Waals surface area contributed by atoms with Crippen molar-refractivity contribution in [3.8, 4) is 11.5 Å². The maximum atomic E-state index is 13.3. The summed E-state index contributed by atoms with van der Waals surface area (Å²) in [6, 6.07) is 13.7. The van der Waals surface area contributed by atoms with Crippen LogP contribution >= 0.6 is 0 Å². The van der Waals surface area contributed by atoms with Crippen molar-refractivity contribution in [3.63, 3.8) is 0 Å². The second-order valence-corrected chi connectivity index (χ2v) is 14.1. The number of hydrogen-bond donors (Lipinski definition) is 4. The summed E-state index contributed by atoms with van der Waals surface area (Å²) in [5.41, 5.74) is 18.5. The summed E-state index contributed by atoms with van der Waals surface area (Å²) >= 11 is 0. The molecule has 2 heterocycles. The second-order valence-electron chi connectivity index (χ2n) is 14.1. The molecule has 0 saturated heterocycles. The fourth-order valence-corrected chi connectivity index (χ4v) is 7.75. The number of carbonyl (C=O) groups is 1. The Morgan fingerprint density at radius 2 is 1.77 bits per heavy atom. The normalized spacial score (nSPS) is 18.0. The Morgan fingerprint density at radius 3 is 2.50 bits per heavy atom. The highest BCUT2D eigenvalue weighted by Crippen LogP contribution is 2.51. The predicted octanol–water partition coefficient (Wildman–Crippen LogP) is 7.33. The van der Waals surface area contributed by atoms with Gasteiger partial charge in [0.05, 0.1) is 24.5 Å². The van der Waals surface area contributed by atoms with Crippen molar-refractivity contribution in [2.75, 3.05) is 13.3 Å². The quantitative estimate of drug-likeness (QED) is 0.0919. The Hall–Kier alpha value is -3.46. The molecule has 8 heteroatoms. The maximum Gasteiger partial charge on any atom is 0.163 e. The molecule has 0 aromatic heterocycles. The van der Waals surface area contributed by atoms with Gasteiger partial charge in [0.1, 0.15) is 5.78 Å². The summed E-state index contributed by atoms with van der Waals surface area (Å²) in [5.74, 6) is 0.288. The molecule has 0 amide bonds. The molecule has 1 aliphatic carbocycles. The number of allylic oxidation sites excluding steroid dienone is 1. The lowest BCUT2D eigenvalue weighted by atomic mass is 9.70. The van der Waals surface area contributed by atoms with E-state index in [9.17, 15) is 15.0 Å². The van der Waals surface area contributed by atoms with Gasteiger partial charge in [-0.05, 0) is 66.5 Å². The Labute approximate surface area is 287 Å². The Kier molecular flexibility index (Phi) is 12.5. The zero-order chi connectivity index (χ0) is 34.1. The average Bonchev–Trinajstić information content (AvgIpc) is 3.83. The minimum Gasteiger partial charge on any atom is -0.504 e. The first-order valence-electron chi connectivity index (χ1n) is 18.3. The van der Waals surface area contributed by atoms with Crippen molar-refractivity contribution >= 4 is 11.5 Å². The van der Waals surface area contributed by atoms with Crippen LogP contribution in [0.15, 0.2) is 71.0 Å². The van der Waals surface area contributed by atoms with E-state index in [4.69, 9.17) is 21.2 Å². The number of aryl methyl sites for hydroxylation is 1. The molecule has 6 N–H and O–H groups in total. The molecule has 2 aromatic carbocycles. The van der Waals surface area contributed by atoms with E-state index in [-0.39, 0.29) is 29.6 Å². The summed E-state index contributed by atoms with van der Waals surface area (Å²) in [5, 5.41) is 21.5. The number of ketones is 1. The number of aliphatic hydroxyl groups excluding tert-OH is 1. The van der Waals surface area contributed by atoms with Gasteiger partial charge in [-0.1, -0.05) is 95.5 Å². The smallest absolute Gasteiger partial charge is 0.163 e. The van der Waals surface area contributed by atoms with Gasteiger partial charge in [0.2, 0.25) is 0 Å². The summed E-state index contributed by atoms with van der Waals surface area (Å²) < 4.78 is 6.16. The number of benzene rings is 2. The molecule has 0 spiro atoms. The van der Waals surface area contributed by atoms with Crippen LogP contribution in [0.25, 0.3) is 0 Å². The van der Waals surface area contributed by atoms with Gasteiger partial charge in [-0.2, -0.15) is 0 Å². The number of fused-ring (bicyclic) bond motifs is 1. The Balaban J connectivity index is 1.21. The fraction of sp³-hybridized carbons (Fsp3) is 0.550. The van der Waals surface area contributed by atoms with Gasteiger partial charge in [0.25, 0.3) is 0 Å². The number of ether oxygens (including phenoxy) is 1. The van der Waals surface area contributed by atoms with Gasteiger partial charge in [-0.25, -0.2) is 0 Å². The molecule has 2 aliphatic heterocycles. The maximum absolute atomic E-state index is 13.3. The summed E-state index contributed by atoms with van der Waals surface area (Å²) in [7, 11) is 0. The van der Waals surface area contributed by atoms with E-state index in [0.29, 0.717) is 31.6 Å². The number of aliphatic imine (C=N–C) groups is 1. The highest BCUT2D eigenvalue weighted by Gasteiger charge is 2.44. The fourth-order valence-electron chi connectivity index (χ4n) is 7.75. The van der Waals surface area contributed by atoms with Crippen molar-refractivity contribution in [1.82, 2.24) is 4.90 Å². The van der Waals surface area contributed by atoms with Crippen molar-refractivity contribution < 1.29 is 19.7 Å². The minimum atomic E-state index is -0.577. The average molecular weight is 657 g/mol. The third-order valence-electron chi connectivity index (χ3n) is 10.6. The highest BCUT2D eigenvalue weighted by molar-refractivity contribution is 6.10. The van der Waals surface area contributed by atoms with E-state index in [2.05, 4.69) is 49.3 Å². The SMILES string of the molecule is CCCCC[C@@H](O)[C@@H](CCCCC)C(=O)CCc1ccc(O)c(OCN2C=C3C(C4(c5cccc(C(N)N)c5)CCCC4)=CN=C3C2)c1. The number of unbranched alkanes of at least 4 members (excludes halogenated alkanes) is 4.